The Morgan fingerprint density at radius 2 is 2.38 bits per heavy atom. The van der Waals surface area contributed by atoms with Crippen molar-refractivity contribution in [3.63, 3.8) is 0 Å². The van der Waals surface area contributed by atoms with Crippen LogP contribution in [-0.4, -0.2) is 44.9 Å². The van der Waals surface area contributed by atoms with Crippen molar-refractivity contribution in [1.82, 2.24) is 20.2 Å². The molecule has 1 saturated heterocycles. The monoisotopic (exact) mass is 288 g/mol. The highest BCUT2D eigenvalue weighted by atomic mass is 16.5. The summed E-state index contributed by atoms with van der Waals surface area (Å²) in [6.45, 7) is 0.750. The number of aryl methyl sites for hydroxylation is 1. The first-order chi connectivity index (χ1) is 10.1. The lowest BCUT2D eigenvalue weighted by Crippen LogP contribution is -2.51. The number of aromatic nitrogens is 4. The molecule has 8 nitrogen and oxygen atoms in total. The van der Waals surface area contributed by atoms with Crippen LogP contribution in [-0.2, 0) is 16.6 Å². The van der Waals surface area contributed by atoms with E-state index in [0.717, 1.165) is 5.56 Å². The van der Waals surface area contributed by atoms with Crippen molar-refractivity contribution in [2.45, 2.75) is 12.0 Å². The lowest BCUT2D eigenvalue weighted by atomic mass is 9.99. The van der Waals surface area contributed by atoms with E-state index in [0.29, 0.717) is 24.5 Å². The zero-order valence-electron chi connectivity index (χ0n) is 11.6. The molecule has 3 rings (SSSR count). The van der Waals surface area contributed by atoms with Gasteiger partial charge in [0, 0.05) is 24.9 Å². The standard InChI is InChI=1S/C13H16N6O2/c1-19-11(16-17-18-19)9-3-2-4-10(7-9)15-12(20)13(14)5-6-21-8-13/h2-4,7H,5-6,8,14H2,1H3,(H,15,20). The van der Waals surface area contributed by atoms with Gasteiger partial charge >= 0.3 is 0 Å². The molecule has 0 bridgehead atoms. The topological polar surface area (TPSA) is 108 Å². The van der Waals surface area contributed by atoms with Gasteiger partial charge in [-0.3, -0.25) is 4.79 Å². The fourth-order valence-electron chi connectivity index (χ4n) is 2.23. The number of anilines is 1. The fourth-order valence-corrected chi connectivity index (χ4v) is 2.23. The van der Waals surface area contributed by atoms with Gasteiger partial charge in [0.1, 0.15) is 5.54 Å². The van der Waals surface area contributed by atoms with E-state index in [-0.39, 0.29) is 12.5 Å². The number of rotatable bonds is 3. The normalized spacial score (nSPS) is 21.4. The Kier molecular flexibility index (Phi) is 3.40. The lowest BCUT2D eigenvalue weighted by Gasteiger charge is -2.20. The number of ether oxygens (including phenoxy) is 1. The van der Waals surface area contributed by atoms with E-state index in [1.807, 2.05) is 18.2 Å². The second-order valence-corrected chi connectivity index (χ2v) is 5.12. The third-order valence-corrected chi connectivity index (χ3v) is 3.50. The summed E-state index contributed by atoms with van der Waals surface area (Å²) in [5.41, 5.74) is 6.54. The maximum absolute atomic E-state index is 12.2. The molecule has 0 saturated carbocycles. The van der Waals surface area contributed by atoms with Crippen molar-refractivity contribution in [2.75, 3.05) is 18.5 Å². The van der Waals surface area contributed by atoms with E-state index in [9.17, 15) is 4.79 Å². The van der Waals surface area contributed by atoms with Crippen LogP contribution in [0, 0.1) is 0 Å². The number of nitrogens with one attached hydrogen (secondary N) is 1. The summed E-state index contributed by atoms with van der Waals surface area (Å²) < 4.78 is 6.77. The van der Waals surface area contributed by atoms with E-state index in [2.05, 4.69) is 20.8 Å². The maximum Gasteiger partial charge on any atom is 0.246 e. The minimum atomic E-state index is -0.956. The van der Waals surface area contributed by atoms with E-state index in [1.54, 1.807) is 17.8 Å². The summed E-state index contributed by atoms with van der Waals surface area (Å²) in [4.78, 5) is 12.2. The molecule has 0 spiro atoms. The number of carbonyl (C=O) groups excluding carboxylic acids is 1. The molecule has 0 radical (unpaired) electrons. The Balaban J connectivity index is 1.81. The van der Waals surface area contributed by atoms with Gasteiger partial charge in [-0.25, -0.2) is 4.68 Å². The van der Waals surface area contributed by atoms with Crippen molar-refractivity contribution in [2.24, 2.45) is 12.8 Å². The highest BCUT2D eigenvalue weighted by Gasteiger charge is 2.38. The van der Waals surface area contributed by atoms with Crippen molar-refractivity contribution < 1.29 is 9.53 Å². The molecule has 8 heteroatoms. The van der Waals surface area contributed by atoms with Crippen LogP contribution < -0.4 is 11.1 Å². The molecular weight excluding hydrogens is 272 g/mol. The quantitative estimate of drug-likeness (QED) is 0.818. The van der Waals surface area contributed by atoms with Crippen molar-refractivity contribution in [3.8, 4) is 11.4 Å². The summed E-state index contributed by atoms with van der Waals surface area (Å²) in [5.74, 6) is 0.381. The molecule has 1 aromatic carbocycles. The van der Waals surface area contributed by atoms with E-state index in [1.165, 1.54) is 0 Å². The highest BCUT2D eigenvalue weighted by molar-refractivity contribution is 5.98. The summed E-state index contributed by atoms with van der Waals surface area (Å²) in [6.07, 6.45) is 0.520. The molecule has 1 aliphatic heterocycles. The second-order valence-electron chi connectivity index (χ2n) is 5.12. The van der Waals surface area contributed by atoms with Gasteiger partial charge in [0.2, 0.25) is 5.91 Å². The minimum Gasteiger partial charge on any atom is -0.379 e. The number of tetrazole rings is 1. The van der Waals surface area contributed by atoms with Gasteiger partial charge in [0.15, 0.2) is 5.82 Å². The average Bonchev–Trinajstić information content (AvgIpc) is 3.09. The Bertz CT molecular complexity index is 662. The van der Waals surface area contributed by atoms with Gasteiger partial charge in [-0.15, -0.1) is 5.10 Å². The zero-order valence-corrected chi connectivity index (χ0v) is 11.6. The smallest absolute Gasteiger partial charge is 0.246 e. The molecule has 0 aliphatic carbocycles. The average molecular weight is 288 g/mol. The highest BCUT2D eigenvalue weighted by Crippen LogP contribution is 2.22. The van der Waals surface area contributed by atoms with Crippen LogP contribution in [0.5, 0.6) is 0 Å². The van der Waals surface area contributed by atoms with Crippen LogP contribution in [0.2, 0.25) is 0 Å². The first kappa shape index (κ1) is 13.7. The molecule has 110 valence electrons. The fraction of sp³-hybridized carbons (Fsp3) is 0.385. The van der Waals surface area contributed by atoms with Crippen LogP contribution in [0.25, 0.3) is 11.4 Å². The molecule has 1 fully saturated rings. The van der Waals surface area contributed by atoms with Gasteiger partial charge in [-0.1, -0.05) is 12.1 Å². The van der Waals surface area contributed by atoms with Gasteiger partial charge < -0.3 is 15.8 Å². The number of nitrogens with two attached hydrogens (primary N) is 1. The van der Waals surface area contributed by atoms with E-state index >= 15 is 0 Å². The summed E-state index contributed by atoms with van der Waals surface area (Å²) in [5, 5.41) is 14.2. The van der Waals surface area contributed by atoms with Crippen molar-refractivity contribution >= 4 is 11.6 Å². The molecular formula is C13H16N6O2. The zero-order chi connectivity index (χ0) is 14.9. The predicted molar refractivity (Wildman–Crippen MR) is 75.2 cm³/mol. The third kappa shape index (κ3) is 2.63. The Hall–Kier alpha value is -2.32. The summed E-state index contributed by atoms with van der Waals surface area (Å²) in [7, 11) is 1.76. The number of nitrogens with zero attached hydrogens (tertiary/aromatic N) is 4. The second kappa shape index (κ2) is 5.23. The largest absolute Gasteiger partial charge is 0.379 e. The van der Waals surface area contributed by atoms with Crippen LogP contribution in [0.3, 0.4) is 0 Å². The van der Waals surface area contributed by atoms with Crippen LogP contribution >= 0.6 is 0 Å². The lowest BCUT2D eigenvalue weighted by molar-refractivity contribution is -0.121. The number of amides is 1. The molecule has 1 atom stereocenters. The Labute approximate surface area is 121 Å². The predicted octanol–water partition coefficient (Wildman–Crippen LogP) is -0.0666. The number of hydrogen-bond acceptors (Lipinski definition) is 6. The maximum atomic E-state index is 12.2. The first-order valence-electron chi connectivity index (χ1n) is 6.59. The first-order valence-corrected chi connectivity index (χ1v) is 6.59. The molecule has 1 aliphatic rings. The minimum absolute atomic E-state index is 0.242. The molecule has 21 heavy (non-hydrogen) atoms. The van der Waals surface area contributed by atoms with Gasteiger partial charge in [0.05, 0.1) is 6.61 Å². The molecule has 1 amide bonds. The summed E-state index contributed by atoms with van der Waals surface area (Å²) >= 11 is 0. The van der Waals surface area contributed by atoms with Gasteiger partial charge in [-0.2, -0.15) is 0 Å². The molecule has 2 aromatic rings. The van der Waals surface area contributed by atoms with E-state index in [4.69, 9.17) is 10.5 Å². The molecule has 1 unspecified atom stereocenters. The van der Waals surface area contributed by atoms with E-state index < -0.39 is 5.54 Å². The van der Waals surface area contributed by atoms with Crippen molar-refractivity contribution in [3.05, 3.63) is 24.3 Å². The molecule has 2 heterocycles. The number of carbonyl (C=O) groups is 1. The molecule has 3 N–H and O–H groups in total. The van der Waals surface area contributed by atoms with Crippen LogP contribution in [0.15, 0.2) is 24.3 Å². The Morgan fingerprint density at radius 1 is 1.52 bits per heavy atom. The number of benzene rings is 1. The van der Waals surface area contributed by atoms with Crippen LogP contribution in [0.4, 0.5) is 5.69 Å². The summed E-state index contributed by atoms with van der Waals surface area (Å²) in [6, 6.07) is 7.30. The third-order valence-electron chi connectivity index (χ3n) is 3.50. The van der Waals surface area contributed by atoms with Gasteiger partial charge in [0.25, 0.3) is 0 Å². The van der Waals surface area contributed by atoms with Gasteiger partial charge in [-0.05, 0) is 29.0 Å². The Morgan fingerprint density at radius 3 is 3.05 bits per heavy atom. The van der Waals surface area contributed by atoms with Crippen molar-refractivity contribution in [1.29, 1.82) is 0 Å². The number of hydrogen-bond donors (Lipinski definition) is 2. The van der Waals surface area contributed by atoms with Crippen LogP contribution in [0.1, 0.15) is 6.42 Å². The molecule has 1 aromatic heterocycles. The SMILES string of the molecule is Cn1nnnc1-c1cccc(NC(=O)C2(N)CCOC2)c1.